The Bertz CT molecular complexity index is 1060. The predicted molar refractivity (Wildman–Crippen MR) is 133 cm³/mol. The van der Waals surface area contributed by atoms with Crippen molar-refractivity contribution in [1.29, 1.82) is 0 Å². The zero-order valence-corrected chi connectivity index (χ0v) is 21.4. The second-order valence-corrected chi connectivity index (χ2v) is 11.3. The largest absolute Gasteiger partial charge is 0.431 e. The molecule has 2 aliphatic carbocycles. The summed E-state index contributed by atoms with van der Waals surface area (Å²) in [7, 11) is 0. The average Bonchev–Trinajstić information content (AvgIpc) is 3.11. The number of nitrogens with two attached hydrogens (primary N) is 1. The first-order chi connectivity index (χ1) is 16.6. The summed E-state index contributed by atoms with van der Waals surface area (Å²) in [6.45, 7) is 13.0. The summed E-state index contributed by atoms with van der Waals surface area (Å²) in [4.78, 5) is 9.35. The van der Waals surface area contributed by atoms with E-state index in [2.05, 4.69) is 64.9 Å². The number of nitrogens with zero attached hydrogens (tertiary/aromatic N) is 5. The lowest BCUT2D eigenvalue weighted by Gasteiger charge is -2.40. The van der Waals surface area contributed by atoms with Gasteiger partial charge < -0.3 is 10.5 Å². The van der Waals surface area contributed by atoms with Gasteiger partial charge in [0.2, 0.25) is 0 Å². The van der Waals surface area contributed by atoms with Gasteiger partial charge in [0.05, 0.1) is 5.69 Å². The predicted octanol–water partition coefficient (Wildman–Crippen LogP) is 4.62. The van der Waals surface area contributed by atoms with E-state index in [1.807, 2.05) is 0 Å². The van der Waals surface area contributed by atoms with E-state index in [1.165, 1.54) is 24.6 Å². The summed E-state index contributed by atoms with van der Waals surface area (Å²) in [5, 5.41) is 4.86. The van der Waals surface area contributed by atoms with Gasteiger partial charge in [0.25, 0.3) is 0 Å². The molecule has 0 amide bonds. The number of aromatic nitrogens is 3. The van der Waals surface area contributed by atoms with Gasteiger partial charge in [0.15, 0.2) is 11.6 Å². The molecule has 35 heavy (non-hydrogen) atoms. The highest BCUT2D eigenvalue weighted by Gasteiger charge is 2.67. The molecule has 0 bridgehead atoms. The van der Waals surface area contributed by atoms with E-state index in [-0.39, 0.29) is 23.0 Å². The minimum absolute atomic E-state index is 0.0536. The van der Waals surface area contributed by atoms with Crippen LogP contribution in [0.15, 0.2) is 18.3 Å². The molecule has 3 fully saturated rings. The summed E-state index contributed by atoms with van der Waals surface area (Å²) >= 11 is 0. The van der Waals surface area contributed by atoms with Crippen LogP contribution in [0.4, 0.5) is 14.6 Å². The Kier molecular flexibility index (Phi) is 6.28. The Morgan fingerprint density at radius 1 is 1.09 bits per heavy atom. The number of nitrogen functional groups attached to an aromatic ring is 1. The van der Waals surface area contributed by atoms with Crippen LogP contribution in [0.25, 0.3) is 11.3 Å². The zero-order valence-electron chi connectivity index (χ0n) is 21.4. The van der Waals surface area contributed by atoms with E-state index in [4.69, 9.17) is 10.8 Å². The first-order valence-electron chi connectivity index (χ1n) is 12.9. The number of piperazine rings is 1. The summed E-state index contributed by atoms with van der Waals surface area (Å²) in [5.41, 5.74) is 8.60. The Labute approximate surface area is 206 Å². The summed E-state index contributed by atoms with van der Waals surface area (Å²) in [6, 6.07) is 5.11. The molecule has 2 aromatic heterocycles. The fourth-order valence-corrected chi connectivity index (χ4v) is 6.65. The van der Waals surface area contributed by atoms with E-state index >= 15 is 0 Å². The Hall–Kier alpha value is -2.26. The van der Waals surface area contributed by atoms with Gasteiger partial charge in [-0.15, -0.1) is 0 Å². The molecule has 1 aliphatic heterocycles. The lowest BCUT2D eigenvalue weighted by molar-refractivity contribution is -0.0494. The van der Waals surface area contributed by atoms with Gasteiger partial charge in [-0.25, -0.2) is 4.98 Å². The van der Waals surface area contributed by atoms with Crippen LogP contribution in [-0.2, 0) is 0 Å². The minimum Gasteiger partial charge on any atom is -0.431 e. The van der Waals surface area contributed by atoms with Gasteiger partial charge in [-0.3, -0.25) is 14.5 Å². The van der Waals surface area contributed by atoms with Gasteiger partial charge in [-0.2, -0.15) is 13.9 Å². The smallest absolute Gasteiger partial charge is 0.387 e. The number of hydrogen-bond acceptors (Lipinski definition) is 6. The standard InChI is InChI=1S/C26H38F2N6O/c1-15(2)32-6-8-33(9-7-32)18-11-19-23(26(19,5)13-18)21-12-20(31-34(21)16(3)4)17-10-22(35-25(27)28)24(29)30-14-17/h10,12,14-16,18-19,23,25H,6-9,11,13H2,1-5H3,(H2,29,30)/t18-,19-,23+,26?/m0/s1. The van der Waals surface area contributed by atoms with Crippen LogP contribution in [0.1, 0.15) is 65.1 Å². The van der Waals surface area contributed by atoms with Crippen LogP contribution in [0.3, 0.4) is 0 Å². The maximum Gasteiger partial charge on any atom is 0.387 e. The highest BCUT2D eigenvalue weighted by Crippen LogP contribution is 2.73. The van der Waals surface area contributed by atoms with Crippen LogP contribution >= 0.6 is 0 Å². The molecule has 1 saturated heterocycles. The molecule has 7 nitrogen and oxygen atoms in total. The summed E-state index contributed by atoms with van der Waals surface area (Å²) in [6.07, 6.45) is 4.03. The number of ether oxygens (including phenoxy) is 1. The summed E-state index contributed by atoms with van der Waals surface area (Å²) in [5.74, 6) is 0.953. The number of halogens is 2. The van der Waals surface area contributed by atoms with Crippen molar-refractivity contribution in [3.05, 3.63) is 24.0 Å². The van der Waals surface area contributed by atoms with Crippen molar-refractivity contribution in [1.82, 2.24) is 24.6 Å². The fourth-order valence-electron chi connectivity index (χ4n) is 6.65. The van der Waals surface area contributed by atoms with Gasteiger partial charge in [-0.05, 0) is 64.0 Å². The lowest BCUT2D eigenvalue weighted by atomic mass is 9.95. The minimum atomic E-state index is -2.95. The van der Waals surface area contributed by atoms with Gasteiger partial charge >= 0.3 is 6.61 Å². The van der Waals surface area contributed by atoms with Crippen molar-refractivity contribution in [3.8, 4) is 17.0 Å². The first-order valence-corrected chi connectivity index (χ1v) is 12.9. The first kappa shape index (κ1) is 24.4. The van der Waals surface area contributed by atoms with Crippen molar-refractivity contribution in [3.63, 3.8) is 0 Å². The van der Waals surface area contributed by atoms with Crippen molar-refractivity contribution >= 4 is 5.82 Å². The number of rotatable bonds is 7. The molecule has 3 heterocycles. The van der Waals surface area contributed by atoms with Crippen LogP contribution in [-0.4, -0.2) is 69.4 Å². The molecule has 3 aliphatic rings. The maximum absolute atomic E-state index is 12.8. The third-order valence-electron chi connectivity index (χ3n) is 8.61. The maximum atomic E-state index is 12.8. The number of alkyl halides is 2. The molecule has 2 aromatic rings. The van der Waals surface area contributed by atoms with E-state index in [0.717, 1.165) is 31.9 Å². The van der Waals surface area contributed by atoms with E-state index in [1.54, 1.807) is 6.20 Å². The second-order valence-electron chi connectivity index (χ2n) is 11.3. The zero-order chi connectivity index (χ0) is 25.1. The van der Waals surface area contributed by atoms with E-state index < -0.39 is 6.61 Å². The number of pyridine rings is 1. The molecular formula is C26H38F2N6O. The highest BCUT2D eigenvalue weighted by molar-refractivity contribution is 5.64. The quantitative estimate of drug-likeness (QED) is 0.613. The Morgan fingerprint density at radius 2 is 1.80 bits per heavy atom. The number of fused-ring (bicyclic) bond motifs is 1. The van der Waals surface area contributed by atoms with Crippen molar-refractivity contribution in [2.24, 2.45) is 11.3 Å². The van der Waals surface area contributed by atoms with E-state index in [9.17, 15) is 8.78 Å². The topological polar surface area (TPSA) is 72.4 Å². The molecule has 1 unspecified atom stereocenters. The molecule has 5 rings (SSSR count). The highest BCUT2D eigenvalue weighted by atomic mass is 19.3. The molecule has 0 spiro atoms. The molecule has 2 N–H and O–H groups in total. The second kappa shape index (κ2) is 9.00. The lowest BCUT2D eigenvalue weighted by Crippen LogP contribution is -2.52. The number of hydrogen-bond donors (Lipinski definition) is 1. The molecule has 192 valence electrons. The molecular weight excluding hydrogens is 450 g/mol. The van der Waals surface area contributed by atoms with Crippen molar-refractivity contribution < 1.29 is 13.5 Å². The molecule has 0 radical (unpaired) electrons. The van der Waals surface area contributed by atoms with Crippen LogP contribution in [0.2, 0.25) is 0 Å². The fraction of sp³-hybridized carbons (Fsp3) is 0.692. The monoisotopic (exact) mass is 488 g/mol. The van der Waals surface area contributed by atoms with Crippen LogP contribution < -0.4 is 10.5 Å². The third-order valence-corrected chi connectivity index (χ3v) is 8.61. The van der Waals surface area contributed by atoms with Crippen LogP contribution in [0, 0.1) is 11.3 Å². The van der Waals surface area contributed by atoms with Crippen molar-refractivity contribution in [2.75, 3.05) is 31.9 Å². The Balaban J connectivity index is 1.33. The molecule has 4 atom stereocenters. The molecule has 9 heteroatoms. The van der Waals surface area contributed by atoms with Gasteiger partial charge in [0.1, 0.15) is 0 Å². The van der Waals surface area contributed by atoms with Crippen molar-refractivity contribution in [2.45, 2.75) is 78.1 Å². The molecule has 0 aromatic carbocycles. The van der Waals surface area contributed by atoms with E-state index in [0.29, 0.717) is 29.5 Å². The molecule has 2 saturated carbocycles. The summed E-state index contributed by atoms with van der Waals surface area (Å²) < 4.78 is 32.2. The average molecular weight is 489 g/mol. The van der Waals surface area contributed by atoms with Gasteiger partial charge in [0, 0.05) is 67.7 Å². The SMILES string of the molecule is CC(C)N1CCN([C@H]2C[C@H]3[C@H](c4cc(-c5cnc(N)c(OC(F)F)c5)nn4C(C)C)C3(C)C2)CC1. The van der Waals surface area contributed by atoms with Crippen LogP contribution in [0.5, 0.6) is 5.75 Å². The number of anilines is 1. The Morgan fingerprint density at radius 3 is 2.37 bits per heavy atom. The van der Waals surface area contributed by atoms with Gasteiger partial charge in [-0.1, -0.05) is 6.92 Å². The normalized spacial score (nSPS) is 29.4. The third kappa shape index (κ3) is 4.42.